The monoisotopic (exact) mass is 318 g/mol. The van der Waals surface area contributed by atoms with Crippen molar-refractivity contribution in [3.63, 3.8) is 0 Å². The Labute approximate surface area is 138 Å². The van der Waals surface area contributed by atoms with Crippen LogP contribution in [0.15, 0.2) is 65.8 Å². The Hall–Kier alpha value is -2.84. The molecule has 0 atom stereocenters. The number of aliphatic imine (C=N–C) groups is 1. The van der Waals surface area contributed by atoms with E-state index >= 15 is 0 Å². The lowest BCUT2D eigenvalue weighted by atomic mass is 10.0. The van der Waals surface area contributed by atoms with Crippen LogP contribution in [0.5, 0.6) is 0 Å². The van der Waals surface area contributed by atoms with Crippen molar-refractivity contribution in [1.82, 2.24) is 10.3 Å². The van der Waals surface area contributed by atoms with Gasteiger partial charge in [0.1, 0.15) is 0 Å². The van der Waals surface area contributed by atoms with E-state index in [1.165, 1.54) is 11.8 Å². The molecule has 0 aliphatic carbocycles. The molecule has 0 saturated carbocycles. The fraction of sp³-hybridized carbons (Fsp3) is 0.0556. The van der Waals surface area contributed by atoms with E-state index in [4.69, 9.17) is 5.26 Å². The van der Waals surface area contributed by atoms with Crippen LogP contribution >= 0.6 is 11.8 Å². The lowest BCUT2D eigenvalue weighted by Crippen LogP contribution is -2.12. The zero-order valence-electron chi connectivity index (χ0n) is 12.5. The van der Waals surface area contributed by atoms with E-state index in [1.54, 1.807) is 0 Å². The Morgan fingerprint density at radius 2 is 2.00 bits per heavy atom. The van der Waals surface area contributed by atoms with Gasteiger partial charge in [0, 0.05) is 17.1 Å². The highest BCUT2D eigenvalue weighted by Gasteiger charge is 2.03. The van der Waals surface area contributed by atoms with E-state index in [0.717, 1.165) is 27.7 Å². The van der Waals surface area contributed by atoms with Crippen molar-refractivity contribution in [2.75, 3.05) is 6.26 Å². The van der Waals surface area contributed by atoms with Gasteiger partial charge in [0.25, 0.3) is 0 Å². The highest BCUT2D eigenvalue weighted by atomic mass is 32.2. The Kier molecular flexibility index (Phi) is 4.55. The first kappa shape index (κ1) is 15.1. The van der Waals surface area contributed by atoms with Gasteiger partial charge in [-0.1, -0.05) is 42.1 Å². The normalized spacial score (nSPS) is 11.2. The number of nitrogens with one attached hydrogen (secondary N) is 1. The maximum absolute atomic E-state index is 8.72. The standard InChI is InChI=1S/C18H14N4S/c1-23-18(21-12-19)22-16-7-4-6-13(10-16)15-9-14-5-2-3-8-17(14)20-11-15/h2-11H,1H3,(H,21,22). The minimum absolute atomic E-state index is 0.571. The molecule has 0 saturated heterocycles. The minimum Gasteiger partial charge on any atom is -0.271 e. The Morgan fingerprint density at radius 1 is 1.13 bits per heavy atom. The molecule has 0 amide bonds. The van der Waals surface area contributed by atoms with Gasteiger partial charge in [-0.05, 0) is 36.1 Å². The predicted molar refractivity (Wildman–Crippen MR) is 96.5 cm³/mol. The molecule has 1 aromatic heterocycles. The van der Waals surface area contributed by atoms with Crippen LogP contribution < -0.4 is 5.32 Å². The number of aromatic nitrogens is 1. The third-order valence-electron chi connectivity index (χ3n) is 3.36. The first-order chi connectivity index (χ1) is 11.3. The van der Waals surface area contributed by atoms with Gasteiger partial charge >= 0.3 is 0 Å². The molecule has 112 valence electrons. The zero-order valence-corrected chi connectivity index (χ0v) is 13.3. The van der Waals surface area contributed by atoms with E-state index in [0.29, 0.717) is 5.17 Å². The highest BCUT2D eigenvalue weighted by molar-refractivity contribution is 8.13. The number of benzene rings is 2. The summed E-state index contributed by atoms with van der Waals surface area (Å²) >= 11 is 1.40. The molecule has 4 nitrogen and oxygen atoms in total. The van der Waals surface area contributed by atoms with Crippen LogP contribution in [0.3, 0.4) is 0 Å². The van der Waals surface area contributed by atoms with Crippen LogP contribution in [0.1, 0.15) is 0 Å². The zero-order chi connectivity index (χ0) is 16.1. The van der Waals surface area contributed by atoms with Crippen molar-refractivity contribution in [3.05, 3.63) is 60.8 Å². The second kappa shape index (κ2) is 6.95. The first-order valence-electron chi connectivity index (χ1n) is 7.03. The molecule has 23 heavy (non-hydrogen) atoms. The number of nitriles is 1. The van der Waals surface area contributed by atoms with Crippen molar-refractivity contribution in [3.8, 4) is 17.3 Å². The maximum atomic E-state index is 8.72. The molecule has 0 unspecified atom stereocenters. The summed E-state index contributed by atoms with van der Waals surface area (Å²) in [5, 5.41) is 13.0. The third-order valence-corrected chi connectivity index (χ3v) is 3.94. The molecule has 0 spiro atoms. The quantitative estimate of drug-likeness (QED) is 0.331. The topological polar surface area (TPSA) is 61.1 Å². The minimum atomic E-state index is 0.571. The third kappa shape index (κ3) is 3.50. The summed E-state index contributed by atoms with van der Waals surface area (Å²) in [4.78, 5) is 8.94. The molecule has 1 N–H and O–H groups in total. The van der Waals surface area contributed by atoms with E-state index in [9.17, 15) is 0 Å². The SMILES string of the molecule is CSC(=Nc1cccc(-c2cnc3ccccc3c2)c1)NC#N. The highest BCUT2D eigenvalue weighted by Crippen LogP contribution is 2.26. The Morgan fingerprint density at radius 3 is 2.83 bits per heavy atom. The van der Waals surface area contributed by atoms with Gasteiger partial charge < -0.3 is 0 Å². The van der Waals surface area contributed by atoms with Gasteiger partial charge in [0.05, 0.1) is 11.2 Å². The summed E-state index contributed by atoms with van der Waals surface area (Å²) in [6, 6.07) is 18.0. The van der Waals surface area contributed by atoms with Gasteiger partial charge in [-0.3, -0.25) is 10.3 Å². The van der Waals surface area contributed by atoms with Gasteiger partial charge in [-0.2, -0.15) is 5.26 Å². The fourth-order valence-corrected chi connectivity index (χ4v) is 2.62. The average molecular weight is 318 g/mol. The molecule has 0 aliphatic heterocycles. The predicted octanol–water partition coefficient (Wildman–Crippen LogP) is 4.32. The Bertz CT molecular complexity index is 912. The fourth-order valence-electron chi connectivity index (χ4n) is 2.27. The largest absolute Gasteiger partial charge is 0.271 e. The number of fused-ring (bicyclic) bond motifs is 1. The molecule has 0 aliphatic rings. The number of amidine groups is 1. The summed E-state index contributed by atoms with van der Waals surface area (Å²) in [6.45, 7) is 0. The van der Waals surface area contributed by atoms with E-state index in [-0.39, 0.29) is 0 Å². The van der Waals surface area contributed by atoms with Crippen molar-refractivity contribution in [1.29, 1.82) is 5.26 Å². The molecule has 3 rings (SSSR count). The maximum Gasteiger partial charge on any atom is 0.183 e. The summed E-state index contributed by atoms with van der Waals surface area (Å²) in [5.41, 5.74) is 3.86. The van der Waals surface area contributed by atoms with E-state index < -0.39 is 0 Å². The first-order valence-corrected chi connectivity index (χ1v) is 8.25. The van der Waals surface area contributed by atoms with Crippen molar-refractivity contribution >= 4 is 33.5 Å². The summed E-state index contributed by atoms with van der Waals surface area (Å²) in [7, 11) is 0. The number of rotatable bonds is 2. The lowest BCUT2D eigenvalue weighted by molar-refractivity contribution is 1.28. The molecule has 2 aromatic carbocycles. The number of nitrogens with zero attached hydrogens (tertiary/aromatic N) is 3. The van der Waals surface area contributed by atoms with Gasteiger partial charge in [0.15, 0.2) is 11.4 Å². The van der Waals surface area contributed by atoms with Crippen LogP contribution in [0.2, 0.25) is 0 Å². The second-order valence-corrected chi connectivity index (χ2v) is 5.62. The van der Waals surface area contributed by atoms with Crippen molar-refractivity contribution in [2.45, 2.75) is 0 Å². The average Bonchev–Trinajstić information content (AvgIpc) is 2.61. The number of para-hydroxylation sites is 1. The summed E-state index contributed by atoms with van der Waals surface area (Å²) in [6.07, 6.45) is 5.64. The van der Waals surface area contributed by atoms with Gasteiger partial charge in [-0.25, -0.2) is 4.99 Å². The van der Waals surface area contributed by atoms with Crippen LogP contribution in [-0.4, -0.2) is 16.4 Å². The van der Waals surface area contributed by atoms with Gasteiger partial charge in [-0.15, -0.1) is 0 Å². The van der Waals surface area contributed by atoms with E-state index in [2.05, 4.69) is 27.4 Å². The molecule has 1 heterocycles. The summed E-state index contributed by atoms with van der Waals surface area (Å²) < 4.78 is 0. The second-order valence-electron chi connectivity index (χ2n) is 4.82. The smallest absolute Gasteiger partial charge is 0.183 e. The summed E-state index contributed by atoms with van der Waals surface area (Å²) in [5.74, 6) is 0. The number of hydrogen-bond donors (Lipinski definition) is 1. The molecule has 3 aromatic rings. The number of hydrogen-bond acceptors (Lipinski definition) is 4. The molecular formula is C18H14N4S. The molecule has 0 fully saturated rings. The van der Waals surface area contributed by atoms with Crippen LogP contribution in [-0.2, 0) is 0 Å². The molecule has 5 heteroatoms. The number of thioether (sulfide) groups is 1. The molecule has 0 bridgehead atoms. The van der Waals surface area contributed by atoms with Crippen LogP contribution in [0, 0.1) is 11.5 Å². The van der Waals surface area contributed by atoms with E-state index in [1.807, 2.05) is 61.1 Å². The van der Waals surface area contributed by atoms with Crippen LogP contribution in [0.25, 0.3) is 22.0 Å². The lowest BCUT2D eigenvalue weighted by Gasteiger charge is -2.05. The Balaban J connectivity index is 1.99. The molecular weight excluding hydrogens is 304 g/mol. The van der Waals surface area contributed by atoms with Crippen LogP contribution in [0.4, 0.5) is 5.69 Å². The van der Waals surface area contributed by atoms with Crippen molar-refractivity contribution in [2.24, 2.45) is 4.99 Å². The number of pyridine rings is 1. The van der Waals surface area contributed by atoms with Crippen molar-refractivity contribution < 1.29 is 0 Å². The molecule has 0 radical (unpaired) electrons. The van der Waals surface area contributed by atoms with Gasteiger partial charge in [0.2, 0.25) is 0 Å².